The van der Waals surface area contributed by atoms with E-state index in [4.69, 9.17) is 5.73 Å². The van der Waals surface area contributed by atoms with Gasteiger partial charge in [-0.2, -0.15) is 0 Å². The number of Topliss-reactive ketones (excluding diaryl/α,β-unsaturated/α-hetero) is 1. The Hall–Kier alpha value is -1.74. The predicted octanol–water partition coefficient (Wildman–Crippen LogP) is 2.94. The third-order valence-electron chi connectivity index (χ3n) is 3.58. The number of nitrogens with zero attached hydrogens (tertiary/aromatic N) is 1. The van der Waals surface area contributed by atoms with E-state index in [0.29, 0.717) is 18.4 Å². The molecular formula is C15H18N2O. The first-order valence-electron chi connectivity index (χ1n) is 6.29. The van der Waals surface area contributed by atoms with E-state index in [1.807, 2.05) is 44.2 Å². The summed E-state index contributed by atoms with van der Waals surface area (Å²) in [6.07, 6.45) is 3.04. The lowest BCUT2D eigenvalue weighted by molar-refractivity contribution is 0.0879. The van der Waals surface area contributed by atoms with Crippen LogP contribution in [0.1, 0.15) is 37.0 Å². The molecule has 3 nitrogen and oxygen atoms in total. The summed E-state index contributed by atoms with van der Waals surface area (Å²) in [4.78, 5) is 16.7. The standard InChI is InChI=1S/C15H18N2O/c1-3-15(16,4-2)14(18)12-7-8-13-11(10-12)6-5-9-17-13/h5-10H,3-4,16H2,1-2H3. The Kier molecular flexibility index (Phi) is 3.43. The first-order valence-corrected chi connectivity index (χ1v) is 6.29. The fourth-order valence-corrected chi connectivity index (χ4v) is 2.08. The molecule has 0 saturated carbocycles. The van der Waals surface area contributed by atoms with Crippen LogP contribution in [0, 0.1) is 0 Å². The van der Waals surface area contributed by atoms with Crippen LogP contribution in [0.4, 0.5) is 0 Å². The van der Waals surface area contributed by atoms with E-state index in [1.54, 1.807) is 6.20 Å². The van der Waals surface area contributed by atoms with Crippen LogP contribution in [-0.4, -0.2) is 16.3 Å². The minimum Gasteiger partial charge on any atom is -0.319 e. The van der Waals surface area contributed by atoms with Gasteiger partial charge in [0.25, 0.3) is 0 Å². The molecule has 0 bridgehead atoms. The SMILES string of the molecule is CCC(N)(CC)C(=O)c1ccc2ncccc2c1. The summed E-state index contributed by atoms with van der Waals surface area (Å²) in [5, 5.41) is 0.970. The van der Waals surface area contributed by atoms with Gasteiger partial charge in [0.15, 0.2) is 5.78 Å². The average Bonchev–Trinajstić information content (AvgIpc) is 2.45. The van der Waals surface area contributed by atoms with Crippen molar-refractivity contribution in [1.82, 2.24) is 4.98 Å². The molecule has 1 aromatic carbocycles. The van der Waals surface area contributed by atoms with Gasteiger partial charge in [0.05, 0.1) is 11.1 Å². The number of ketones is 1. The third-order valence-corrected chi connectivity index (χ3v) is 3.58. The summed E-state index contributed by atoms with van der Waals surface area (Å²) in [6.45, 7) is 3.90. The van der Waals surface area contributed by atoms with Crippen LogP contribution in [0.2, 0.25) is 0 Å². The number of hydrogen-bond donors (Lipinski definition) is 1. The number of nitrogens with two attached hydrogens (primary N) is 1. The average molecular weight is 242 g/mol. The number of rotatable bonds is 4. The molecule has 0 aliphatic heterocycles. The summed E-state index contributed by atoms with van der Waals surface area (Å²) in [5.74, 6) is 0.0123. The van der Waals surface area contributed by atoms with Gasteiger partial charge in [-0.15, -0.1) is 0 Å². The zero-order valence-electron chi connectivity index (χ0n) is 10.8. The van der Waals surface area contributed by atoms with E-state index in [9.17, 15) is 4.79 Å². The van der Waals surface area contributed by atoms with Gasteiger partial charge in [-0.3, -0.25) is 9.78 Å². The molecule has 94 valence electrons. The molecule has 0 spiro atoms. The lowest BCUT2D eigenvalue weighted by atomic mass is 9.85. The highest BCUT2D eigenvalue weighted by molar-refractivity contribution is 6.05. The molecule has 3 heteroatoms. The van der Waals surface area contributed by atoms with Crippen molar-refractivity contribution in [3.63, 3.8) is 0 Å². The Morgan fingerprint density at radius 3 is 2.67 bits per heavy atom. The zero-order valence-corrected chi connectivity index (χ0v) is 10.8. The lowest BCUT2D eigenvalue weighted by Crippen LogP contribution is -2.46. The smallest absolute Gasteiger partial charge is 0.182 e. The Morgan fingerprint density at radius 2 is 2.00 bits per heavy atom. The second-order valence-corrected chi connectivity index (χ2v) is 4.60. The van der Waals surface area contributed by atoms with E-state index < -0.39 is 5.54 Å². The first-order chi connectivity index (χ1) is 8.60. The molecule has 0 fully saturated rings. The van der Waals surface area contributed by atoms with Gasteiger partial charge in [-0.25, -0.2) is 0 Å². The minimum atomic E-state index is -0.754. The molecule has 0 atom stereocenters. The molecular weight excluding hydrogens is 224 g/mol. The summed E-state index contributed by atoms with van der Waals surface area (Å²) in [5.41, 5.74) is 6.96. The van der Waals surface area contributed by atoms with Gasteiger partial charge in [0.2, 0.25) is 0 Å². The highest BCUT2D eigenvalue weighted by Gasteiger charge is 2.30. The molecule has 0 unspecified atom stereocenters. The summed E-state index contributed by atoms with van der Waals surface area (Å²) in [7, 11) is 0. The van der Waals surface area contributed by atoms with Crippen LogP contribution < -0.4 is 5.73 Å². The number of carbonyl (C=O) groups is 1. The van der Waals surface area contributed by atoms with Crippen molar-refractivity contribution in [2.24, 2.45) is 5.73 Å². The number of hydrogen-bond acceptors (Lipinski definition) is 3. The van der Waals surface area contributed by atoms with Crippen LogP contribution >= 0.6 is 0 Å². The van der Waals surface area contributed by atoms with Crippen molar-refractivity contribution in [2.45, 2.75) is 32.2 Å². The fraction of sp³-hybridized carbons (Fsp3) is 0.333. The molecule has 0 saturated heterocycles. The predicted molar refractivity (Wildman–Crippen MR) is 73.6 cm³/mol. The molecule has 2 N–H and O–H groups in total. The first kappa shape index (κ1) is 12.7. The summed E-state index contributed by atoms with van der Waals surface area (Å²) >= 11 is 0. The van der Waals surface area contributed by atoms with Gasteiger partial charge in [0, 0.05) is 17.1 Å². The highest BCUT2D eigenvalue weighted by atomic mass is 16.1. The molecule has 0 aliphatic carbocycles. The second kappa shape index (κ2) is 4.86. The van der Waals surface area contributed by atoms with Crippen molar-refractivity contribution in [1.29, 1.82) is 0 Å². The van der Waals surface area contributed by atoms with Gasteiger partial charge in [-0.1, -0.05) is 19.9 Å². The van der Waals surface area contributed by atoms with E-state index in [-0.39, 0.29) is 5.78 Å². The molecule has 2 rings (SSSR count). The number of benzene rings is 1. The van der Waals surface area contributed by atoms with Crippen LogP contribution in [0.25, 0.3) is 10.9 Å². The molecule has 0 radical (unpaired) electrons. The van der Waals surface area contributed by atoms with E-state index in [0.717, 1.165) is 10.9 Å². The monoisotopic (exact) mass is 242 g/mol. The van der Waals surface area contributed by atoms with Crippen LogP contribution in [0.3, 0.4) is 0 Å². The van der Waals surface area contributed by atoms with E-state index >= 15 is 0 Å². The number of aromatic nitrogens is 1. The van der Waals surface area contributed by atoms with E-state index in [2.05, 4.69) is 4.98 Å². The maximum absolute atomic E-state index is 12.4. The Morgan fingerprint density at radius 1 is 1.28 bits per heavy atom. The van der Waals surface area contributed by atoms with Gasteiger partial charge in [-0.05, 0) is 37.1 Å². The molecule has 18 heavy (non-hydrogen) atoms. The maximum atomic E-state index is 12.4. The normalized spacial score (nSPS) is 11.7. The van der Waals surface area contributed by atoms with Crippen molar-refractivity contribution in [3.05, 3.63) is 42.1 Å². The quantitative estimate of drug-likeness (QED) is 0.839. The third kappa shape index (κ3) is 2.14. The van der Waals surface area contributed by atoms with Crippen molar-refractivity contribution in [2.75, 3.05) is 0 Å². The largest absolute Gasteiger partial charge is 0.319 e. The van der Waals surface area contributed by atoms with Crippen LogP contribution in [-0.2, 0) is 0 Å². The highest BCUT2D eigenvalue weighted by Crippen LogP contribution is 2.21. The Labute approximate surface area is 107 Å². The van der Waals surface area contributed by atoms with Crippen molar-refractivity contribution >= 4 is 16.7 Å². The van der Waals surface area contributed by atoms with Crippen LogP contribution in [0.5, 0.6) is 0 Å². The van der Waals surface area contributed by atoms with Gasteiger partial charge < -0.3 is 5.73 Å². The Bertz CT molecular complexity index is 573. The fourth-order valence-electron chi connectivity index (χ4n) is 2.08. The van der Waals surface area contributed by atoms with Crippen molar-refractivity contribution in [3.8, 4) is 0 Å². The van der Waals surface area contributed by atoms with Crippen LogP contribution in [0.15, 0.2) is 36.5 Å². The van der Waals surface area contributed by atoms with Crippen molar-refractivity contribution < 1.29 is 4.79 Å². The zero-order chi connectivity index (χ0) is 13.2. The lowest BCUT2D eigenvalue weighted by Gasteiger charge is -2.24. The number of carbonyl (C=O) groups excluding carboxylic acids is 1. The Balaban J connectivity index is 2.45. The molecule has 0 amide bonds. The summed E-state index contributed by atoms with van der Waals surface area (Å²) in [6, 6.07) is 9.37. The van der Waals surface area contributed by atoms with Gasteiger partial charge in [0.1, 0.15) is 0 Å². The molecule has 0 aliphatic rings. The second-order valence-electron chi connectivity index (χ2n) is 4.60. The van der Waals surface area contributed by atoms with Gasteiger partial charge >= 0.3 is 0 Å². The topological polar surface area (TPSA) is 56.0 Å². The molecule has 1 heterocycles. The summed E-state index contributed by atoms with van der Waals surface area (Å²) < 4.78 is 0. The number of pyridine rings is 1. The molecule has 1 aromatic heterocycles. The van der Waals surface area contributed by atoms with E-state index in [1.165, 1.54) is 0 Å². The maximum Gasteiger partial charge on any atom is 0.182 e. The number of fused-ring (bicyclic) bond motifs is 1. The molecule has 2 aromatic rings. The minimum absolute atomic E-state index is 0.0123.